The third-order valence-electron chi connectivity index (χ3n) is 2.22. The van der Waals surface area contributed by atoms with Gasteiger partial charge in [0.2, 0.25) is 0 Å². The first-order valence-electron chi connectivity index (χ1n) is 5.49. The fourth-order valence-electron chi connectivity index (χ4n) is 1.36. The highest BCUT2D eigenvalue weighted by atomic mass is 32.2. The summed E-state index contributed by atoms with van der Waals surface area (Å²) in [5.74, 6) is 1.50. The quantitative estimate of drug-likeness (QED) is 0.786. The van der Waals surface area contributed by atoms with Crippen molar-refractivity contribution in [2.45, 2.75) is 0 Å². The highest BCUT2D eigenvalue weighted by Crippen LogP contribution is 2.24. The van der Waals surface area contributed by atoms with Gasteiger partial charge in [0.15, 0.2) is 0 Å². The van der Waals surface area contributed by atoms with E-state index < -0.39 is 10.1 Å². The predicted octanol–water partition coefficient (Wildman–Crippen LogP) is 3.33. The number of rotatable bonds is 5. The molecule has 0 saturated carbocycles. The van der Waals surface area contributed by atoms with E-state index >= 15 is 0 Å². The lowest BCUT2D eigenvalue weighted by Gasteiger charge is -2.06. The average Bonchev–Trinajstić information content (AvgIpc) is 2.42. The standard InChI is InChI=1S/C14H12O4S/c1-2-19(15,16)18-14-10-8-13(9-11-14)17-12-6-4-3-5-7-12/h2-11H,1H2. The molecule has 0 unspecified atom stereocenters. The first-order valence-corrected chi connectivity index (χ1v) is 6.96. The van der Waals surface area contributed by atoms with Crippen molar-refractivity contribution in [2.75, 3.05) is 0 Å². The molecule has 2 aromatic rings. The SMILES string of the molecule is C=CS(=O)(=O)Oc1ccc(Oc2ccccc2)cc1. The maximum absolute atomic E-state index is 11.2. The van der Waals surface area contributed by atoms with Crippen molar-refractivity contribution < 1.29 is 17.3 Å². The zero-order chi connectivity index (χ0) is 13.7. The summed E-state index contributed by atoms with van der Waals surface area (Å²) in [5.41, 5.74) is 0. The molecule has 0 aliphatic rings. The minimum Gasteiger partial charge on any atom is -0.457 e. The molecule has 0 aliphatic heterocycles. The minimum atomic E-state index is -3.72. The Labute approximate surface area is 112 Å². The van der Waals surface area contributed by atoms with Crippen LogP contribution in [-0.4, -0.2) is 8.42 Å². The maximum atomic E-state index is 11.2. The van der Waals surface area contributed by atoms with Gasteiger partial charge in [0.25, 0.3) is 0 Å². The molecule has 2 aromatic carbocycles. The van der Waals surface area contributed by atoms with E-state index in [0.717, 1.165) is 5.41 Å². The van der Waals surface area contributed by atoms with Gasteiger partial charge in [-0.2, -0.15) is 8.42 Å². The van der Waals surface area contributed by atoms with Gasteiger partial charge in [-0.3, -0.25) is 0 Å². The molecule has 0 aromatic heterocycles. The molecule has 98 valence electrons. The zero-order valence-electron chi connectivity index (χ0n) is 10.0. The van der Waals surface area contributed by atoms with E-state index in [1.54, 1.807) is 12.1 Å². The van der Waals surface area contributed by atoms with Crippen molar-refractivity contribution in [1.29, 1.82) is 0 Å². The van der Waals surface area contributed by atoms with Gasteiger partial charge in [0.05, 0.1) is 5.41 Å². The highest BCUT2D eigenvalue weighted by Gasteiger charge is 2.06. The van der Waals surface area contributed by atoms with E-state index in [0.29, 0.717) is 11.5 Å². The van der Waals surface area contributed by atoms with E-state index in [9.17, 15) is 8.42 Å². The van der Waals surface area contributed by atoms with Crippen LogP contribution in [-0.2, 0) is 10.1 Å². The maximum Gasteiger partial charge on any atom is 0.331 e. The number of para-hydroxylation sites is 1. The average molecular weight is 276 g/mol. The summed E-state index contributed by atoms with van der Waals surface area (Å²) >= 11 is 0. The van der Waals surface area contributed by atoms with E-state index in [4.69, 9.17) is 8.92 Å². The van der Waals surface area contributed by atoms with E-state index in [1.165, 1.54) is 12.1 Å². The van der Waals surface area contributed by atoms with Crippen LogP contribution in [0.1, 0.15) is 0 Å². The van der Waals surface area contributed by atoms with Gasteiger partial charge in [-0.15, -0.1) is 0 Å². The molecule has 4 nitrogen and oxygen atoms in total. The molecule has 0 fully saturated rings. The first-order chi connectivity index (χ1) is 9.09. The molecule has 0 aliphatic carbocycles. The molecular weight excluding hydrogens is 264 g/mol. The summed E-state index contributed by atoms with van der Waals surface area (Å²) in [6, 6.07) is 15.6. The topological polar surface area (TPSA) is 52.6 Å². The van der Waals surface area contributed by atoms with Crippen LogP contribution in [0.15, 0.2) is 66.6 Å². The van der Waals surface area contributed by atoms with Gasteiger partial charge < -0.3 is 8.92 Å². The van der Waals surface area contributed by atoms with Crippen LogP contribution in [0, 0.1) is 0 Å². The predicted molar refractivity (Wildman–Crippen MR) is 72.7 cm³/mol. The van der Waals surface area contributed by atoms with Crippen molar-refractivity contribution in [3.63, 3.8) is 0 Å². The third-order valence-corrected chi connectivity index (χ3v) is 3.05. The lowest BCUT2D eigenvalue weighted by Crippen LogP contribution is -2.04. The van der Waals surface area contributed by atoms with Gasteiger partial charge in [-0.05, 0) is 36.4 Å². The number of hydrogen-bond acceptors (Lipinski definition) is 4. The molecule has 2 rings (SSSR count). The van der Waals surface area contributed by atoms with Crippen molar-refractivity contribution in [3.8, 4) is 17.2 Å². The van der Waals surface area contributed by atoms with Crippen LogP contribution in [0.25, 0.3) is 0 Å². The van der Waals surface area contributed by atoms with Crippen molar-refractivity contribution in [3.05, 3.63) is 66.6 Å². The Morgan fingerprint density at radius 3 is 1.95 bits per heavy atom. The highest BCUT2D eigenvalue weighted by molar-refractivity contribution is 7.90. The molecular formula is C14H12O4S. The van der Waals surface area contributed by atoms with Gasteiger partial charge in [0, 0.05) is 0 Å². The zero-order valence-corrected chi connectivity index (χ0v) is 10.8. The Bertz CT molecular complexity index is 646. The van der Waals surface area contributed by atoms with E-state index in [1.807, 2.05) is 30.3 Å². The van der Waals surface area contributed by atoms with Crippen molar-refractivity contribution in [1.82, 2.24) is 0 Å². The number of benzene rings is 2. The second-order valence-electron chi connectivity index (χ2n) is 3.63. The minimum absolute atomic E-state index is 0.209. The normalized spacial score (nSPS) is 10.7. The summed E-state index contributed by atoms with van der Waals surface area (Å²) < 4.78 is 32.7. The van der Waals surface area contributed by atoms with Gasteiger partial charge >= 0.3 is 10.1 Å². The molecule has 0 amide bonds. The molecule has 0 N–H and O–H groups in total. The second-order valence-corrected chi connectivity index (χ2v) is 5.11. The summed E-state index contributed by atoms with van der Waals surface area (Å²) in [5, 5.41) is 0.751. The smallest absolute Gasteiger partial charge is 0.331 e. The summed E-state index contributed by atoms with van der Waals surface area (Å²) in [7, 11) is -3.72. The van der Waals surface area contributed by atoms with Crippen LogP contribution >= 0.6 is 0 Å². The van der Waals surface area contributed by atoms with Gasteiger partial charge in [0.1, 0.15) is 17.2 Å². The molecule has 0 bridgehead atoms. The first kappa shape index (κ1) is 13.2. The van der Waals surface area contributed by atoms with E-state index in [2.05, 4.69) is 6.58 Å². The second kappa shape index (κ2) is 5.58. The van der Waals surface area contributed by atoms with Crippen LogP contribution in [0.2, 0.25) is 0 Å². The van der Waals surface area contributed by atoms with Crippen LogP contribution in [0.5, 0.6) is 17.2 Å². The summed E-state index contributed by atoms with van der Waals surface area (Å²) in [4.78, 5) is 0. The Hall–Kier alpha value is -2.27. The molecule has 0 saturated heterocycles. The molecule has 0 spiro atoms. The molecule has 19 heavy (non-hydrogen) atoms. The molecule has 0 heterocycles. The van der Waals surface area contributed by atoms with Crippen LogP contribution in [0.4, 0.5) is 0 Å². The summed E-state index contributed by atoms with van der Waals surface area (Å²) in [6.07, 6.45) is 0. The van der Waals surface area contributed by atoms with E-state index in [-0.39, 0.29) is 5.75 Å². The van der Waals surface area contributed by atoms with Crippen molar-refractivity contribution in [2.24, 2.45) is 0 Å². The van der Waals surface area contributed by atoms with Crippen molar-refractivity contribution >= 4 is 10.1 Å². The van der Waals surface area contributed by atoms with Gasteiger partial charge in [-0.1, -0.05) is 24.8 Å². The molecule has 0 atom stereocenters. The van der Waals surface area contributed by atoms with Crippen LogP contribution in [0.3, 0.4) is 0 Å². The van der Waals surface area contributed by atoms with Crippen LogP contribution < -0.4 is 8.92 Å². The monoisotopic (exact) mass is 276 g/mol. The Morgan fingerprint density at radius 1 is 0.842 bits per heavy atom. The largest absolute Gasteiger partial charge is 0.457 e. The number of ether oxygens (including phenoxy) is 1. The summed E-state index contributed by atoms with van der Waals surface area (Å²) in [6.45, 7) is 3.16. The fraction of sp³-hybridized carbons (Fsp3) is 0. The Balaban J connectivity index is 2.09. The number of hydrogen-bond donors (Lipinski definition) is 0. The van der Waals surface area contributed by atoms with Gasteiger partial charge in [-0.25, -0.2) is 0 Å². The fourth-order valence-corrected chi connectivity index (χ4v) is 1.80. The Morgan fingerprint density at radius 2 is 1.37 bits per heavy atom. The molecule has 5 heteroatoms. The lowest BCUT2D eigenvalue weighted by molar-refractivity contribution is 0.477. The lowest BCUT2D eigenvalue weighted by atomic mass is 10.3. The Kier molecular flexibility index (Phi) is 3.87. The molecule has 0 radical (unpaired) electrons. The third kappa shape index (κ3) is 3.86.